The molecular formula is C18H25NO2S. The first-order valence-corrected chi connectivity index (χ1v) is 8.61. The Labute approximate surface area is 137 Å². The zero-order valence-electron chi connectivity index (χ0n) is 13.6. The molecule has 1 aromatic carbocycles. The van der Waals surface area contributed by atoms with E-state index in [0.29, 0.717) is 13.2 Å². The van der Waals surface area contributed by atoms with E-state index in [2.05, 4.69) is 35.4 Å². The van der Waals surface area contributed by atoms with E-state index >= 15 is 0 Å². The van der Waals surface area contributed by atoms with Crippen molar-refractivity contribution in [3.8, 4) is 5.75 Å². The van der Waals surface area contributed by atoms with E-state index < -0.39 is 0 Å². The Morgan fingerprint density at radius 1 is 1.18 bits per heavy atom. The molecule has 0 aliphatic carbocycles. The second-order valence-corrected chi connectivity index (χ2v) is 6.62. The molecule has 0 spiro atoms. The average Bonchev–Trinajstić information content (AvgIpc) is 2.86. The normalized spacial score (nSPS) is 12.6. The number of hydrogen-bond donors (Lipinski definition) is 1. The first-order chi connectivity index (χ1) is 10.6. The maximum atomic E-state index is 9.75. The highest BCUT2D eigenvalue weighted by Crippen LogP contribution is 2.20. The molecular weight excluding hydrogens is 294 g/mol. The molecule has 0 radical (unpaired) electrons. The first kappa shape index (κ1) is 17.0. The lowest BCUT2D eigenvalue weighted by molar-refractivity contribution is 0.118. The SMILES string of the molecule is CCOc1ccc(CN(Cc2sccc2C)CC(C)O)cc1. The maximum Gasteiger partial charge on any atom is 0.119 e. The summed E-state index contributed by atoms with van der Waals surface area (Å²) in [6.07, 6.45) is -0.331. The number of thiophene rings is 1. The zero-order valence-corrected chi connectivity index (χ0v) is 14.4. The predicted octanol–water partition coefficient (Wildman–Crippen LogP) is 3.84. The minimum Gasteiger partial charge on any atom is -0.494 e. The lowest BCUT2D eigenvalue weighted by Crippen LogP contribution is -2.30. The largest absolute Gasteiger partial charge is 0.494 e. The molecule has 0 aliphatic rings. The lowest BCUT2D eigenvalue weighted by Gasteiger charge is -2.23. The van der Waals surface area contributed by atoms with Gasteiger partial charge < -0.3 is 9.84 Å². The van der Waals surface area contributed by atoms with E-state index in [1.165, 1.54) is 16.0 Å². The van der Waals surface area contributed by atoms with Crippen LogP contribution in [0.2, 0.25) is 0 Å². The van der Waals surface area contributed by atoms with Gasteiger partial charge in [0.25, 0.3) is 0 Å². The minimum atomic E-state index is -0.331. The number of aliphatic hydroxyl groups is 1. The summed E-state index contributed by atoms with van der Waals surface area (Å²) < 4.78 is 5.48. The van der Waals surface area contributed by atoms with Crippen LogP contribution in [0.4, 0.5) is 0 Å². The number of rotatable bonds is 8. The molecule has 3 nitrogen and oxygen atoms in total. The van der Waals surface area contributed by atoms with Crippen LogP contribution in [0.3, 0.4) is 0 Å². The number of hydrogen-bond acceptors (Lipinski definition) is 4. The van der Waals surface area contributed by atoms with Gasteiger partial charge in [-0.1, -0.05) is 12.1 Å². The molecule has 1 N–H and O–H groups in total. The van der Waals surface area contributed by atoms with Crippen LogP contribution in [0.1, 0.15) is 29.9 Å². The van der Waals surface area contributed by atoms with Crippen LogP contribution in [0, 0.1) is 6.92 Å². The summed E-state index contributed by atoms with van der Waals surface area (Å²) in [7, 11) is 0. The van der Waals surface area contributed by atoms with Crippen molar-refractivity contribution in [2.45, 2.75) is 40.0 Å². The van der Waals surface area contributed by atoms with Crippen molar-refractivity contribution in [3.63, 3.8) is 0 Å². The summed E-state index contributed by atoms with van der Waals surface area (Å²) in [4.78, 5) is 3.66. The Morgan fingerprint density at radius 2 is 1.91 bits per heavy atom. The molecule has 2 rings (SSSR count). The maximum absolute atomic E-state index is 9.75. The molecule has 2 aromatic rings. The fourth-order valence-electron chi connectivity index (χ4n) is 2.44. The number of ether oxygens (including phenoxy) is 1. The smallest absolute Gasteiger partial charge is 0.119 e. The Balaban J connectivity index is 2.04. The molecule has 1 aromatic heterocycles. The van der Waals surface area contributed by atoms with Crippen LogP contribution in [-0.2, 0) is 13.1 Å². The van der Waals surface area contributed by atoms with Crippen molar-refractivity contribution in [2.24, 2.45) is 0 Å². The summed E-state index contributed by atoms with van der Waals surface area (Å²) in [6, 6.07) is 10.4. The molecule has 0 aliphatic heterocycles. The summed E-state index contributed by atoms with van der Waals surface area (Å²) in [6.45, 7) is 9.03. The molecule has 0 bridgehead atoms. The van der Waals surface area contributed by atoms with Crippen molar-refractivity contribution in [2.75, 3.05) is 13.2 Å². The number of aryl methyl sites for hydroxylation is 1. The van der Waals surface area contributed by atoms with Crippen LogP contribution in [0.25, 0.3) is 0 Å². The van der Waals surface area contributed by atoms with Crippen molar-refractivity contribution >= 4 is 11.3 Å². The van der Waals surface area contributed by atoms with Crippen LogP contribution >= 0.6 is 11.3 Å². The molecule has 4 heteroatoms. The van der Waals surface area contributed by atoms with E-state index in [9.17, 15) is 5.11 Å². The van der Waals surface area contributed by atoms with Crippen molar-refractivity contribution in [1.29, 1.82) is 0 Å². The topological polar surface area (TPSA) is 32.7 Å². The Hall–Kier alpha value is -1.36. The van der Waals surface area contributed by atoms with Gasteiger partial charge in [-0.25, -0.2) is 0 Å². The molecule has 0 fully saturated rings. The number of aliphatic hydroxyl groups excluding tert-OH is 1. The van der Waals surface area contributed by atoms with E-state index in [0.717, 1.165) is 18.8 Å². The average molecular weight is 319 g/mol. The molecule has 120 valence electrons. The molecule has 0 saturated carbocycles. The molecule has 1 heterocycles. The fraction of sp³-hybridized carbons (Fsp3) is 0.444. The molecule has 1 atom stereocenters. The highest BCUT2D eigenvalue weighted by molar-refractivity contribution is 7.10. The van der Waals surface area contributed by atoms with Gasteiger partial charge in [-0.3, -0.25) is 4.90 Å². The van der Waals surface area contributed by atoms with Crippen molar-refractivity contribution in [3.05, 3.63) is 51.7 Å². The minimum absolute atomic E-state index is 0.331. The van der Waals surface area contributed by atoms with Crippen molar-refractivity contribution in [1.82, 2.24) is 4.90 Å². The quantitative estimate of drug-likeness (QED) is 0.802. The third kappa shape index (κ3) is 5.13. The van der Waals surface area contributed by atoms with Gasteiger partial charge in [0.1, 0.15) is 5.75 Å². The van der Waals surface area contributed by atoms with E-state index in [1.54, 1.807) is 11.3 Å². The first-order valence-electron chi connectivity index (χ1n) is 7.73. The van der Waals surface area contributed by atoms with Gasteiger partial charge in [-0.2, -0.15) is 0 Å². The van der Waals surface area contributed by atoms with Gasteiger partial charge >= 0.3 is 0 Å². The molecule has 22 heavy (non-hydrogen) atoms. The van der Waals surface area contributed by atoms with Gasteiger partial charge in [-0.05, 0) is 55.5 Å². The standard InChI is InChI=1S/C18H25NO2S/c1-4-21-17-7-5-16(6-8-17)12-19(11-15(3)20)13-18-14(2)9-10-22-18/h5-10,15,20H,4,11-13H2,1-3H3. The van der Waals surface area contributed by atoms with E-state index in [1.807, 2.05) is 26.0 Å². The summed E-state index contributed by atoms with van der Waals surface area (Å²) in [5.74, 6) is 0.905. The third-order valence-corrected chi connectivity index (χ3v) is 4.51. The van der Waals surface area contributed by atoms with E-state index in [4.69, 9.17) is 4.74 Å². The number of benzene rings is 1. The second kappa shape index (κ2) is 8.32. The van der Waals surface area contributed by atoms with E-state index in [-0.39, 0.29) is 6.10 Å². The van der Waals surface area contributed by atoms with Crippen LogP contribution in [0.5, 0.6) is 5.75 Å². The Bertz CT molecular complexity index is 563. The van der Waals surface area contributed by atoms with Gasteiger partial charge in [0, 0.05) is 24.5 Å². The van der Waals surface area contributed by atoms with Crippen LogP contribution in [-0.4, -0.2) is 29.3 Å². The van der Waals surface area contributed by atoms with Gasteiger partial charge in [0.05, 0.1) is 12.7 Å². The molecule has 0 saturated heterocycles. The number of nitrogens with zero attached hydrogens (tertiary/aromatic N) is 1. The summed E-state index contributed by atoms with van der Waals surface area (Å²) in [5.41, 5.74) is 2.56. The highest BCUT2D eigenvalue weighted by Gasteiger charge is 2.12. The monoisotopic (exact) mass is 319 g/mol. The van der Waals surface area contributed by atoms with Gasteiger partial charge in [0.2, 0.25) is 0 Å². The van der Waals surface area contributed by atoms with Gasteiger partial charge in [-0.15, -0.1) is 11.3 Å². The lowest BCUT2D eigenvalue weighted by atomic mass is 10.2. The molecule has 0 amide bonds. The van der Waals surface area contributed by atoms with Crippen LogP contribution < -0.4 is 4.74 Å². The van der Waals surface area contributed by atoms with Crippen molar-refractivity contribution < 1.29 is 9.84 Å². The third-order valence-electron chi connectivity index (χ3n) is 3.50. The van der Waals surface area contributed by atoms with Crippen LogP contribution in [0.15, 0.2) is 35.7 Å². The molecule has 1 unspecified atom stereocenters. The fourth-order valence-corrected chi connectivity index (χ4v) is 3.39. The summed E-state index contributed by atoms with van der Waals surface area (Å²) in [5, 5.41) is 11.9. The Morgan fingerprint density at radius 3 is 2.45 bits per heavy atom. The van der Waals surface area contributed by atoms with Gasteiger partial charge in [0.15, 0.2) is 0 Å². The second-order valence-electron chi connectivity index (χ2n) is 5.62. The summed E-state index contributed by atoms with van der Waals surface area (Å²) >= 11 is 1.78. The Kier molecular flexibility index (Phi) is 6.43. The predicted molar refractivity (Wildman–Crippen MR) is 92.5 cm³/mol. The highest BCUT2D eigenvalue weighted by atomic mass is 32.1. The zero-order chi connectivity index (χ0) is 15.9.